The first kappa shape index (κ1) is 14.3. The summed E-state index contributed by atoms with van der Waals surface area (Å²) in [5.74, 6) is 2.41. The first-order chi connectivity index (χ1) is 8.01. The molecule has 1 aliphatic rings. The summed E-state index contributed by atoms with van der Waals surface area (Å²) in [4.78, 5) is 13.6. The molecule has 0 heterocycles. The summed E-state index contributed by atoms with van der Waals surface area (Å²) in [5.41, 5.74) is 0. The molecular formula is C14H28N2O. The molecule has 0 saturated heterocycles. The van der Waals surface area contributed by atoms with E-state index in [0.717, 1.165) is 17.8 Å². The molecule has 17 heavy (non-hydrogen) atoms. The van der Waals surface area contributed by atoms with Gasteiger partial charge in [-0.3, -0.25) is 0 Å². The van der Waals surface area contributed by atoms with Gasteiger partial charge in [-0.2, -0.15) is 0 Å². The second-order valence-electron chi connectivity index (χ2n) is 5.65. The molecule has 1 rings (SSSR count). The van der Waals surface area contributed by atoms with E-state index < -0.39 is 0 Å². The van der Waals surface area contributed by atoms with E-state index in [-0.39, 0.29) is 6.03 Å². The molecule has 2 amide bonds. The third kappa shape index (κ3) is 3.36. The van der Waals surface area contributed by atoms with Crippen molar-refractivity contribution in [2.45, 2.75) is 53.0 Å². The Morgan fingerprint density at radius 1 is 1.35 bits per heavy atom. The predicted octanol–water partition coefficient (Wildman–Crippen LogP) is 3.11. The summed E-state index contributed by atoms with van der Waals surface area (Å²) in [6.45, 7) is 9.58. The Balaban J connectivity index is 2.37. The molecule has 3 nitrogen and oxygen atoms in total. The topological polar surface area (TPSA) is 32.3 Å². The van der Waals surface area contributed by atoms with E-state index in [1.807, 2.05) is 18.9 Å². The SMILES string of the molecule is CCNC(=O)N(C)C1CC(C(CC)C(C)C)C1. The van der Waals surface area contributed by atoms with Gasteiger partial charge in [-0.25, -0.2) is 4.79 Å². The zero-order valence-electron chi connectivity index (χ0n) is 12.0. The summed E-state index contributed by atoms with van der Waals surface area (Å²) >= 11 is 0. The number of rotatable bonds is 5. The summed E-state index contributed by atoms with van der Waals surface area (Å²) in [7, 11) is 1.92. The molecule has 1 aliphatic carbocycles. The Kier molecular flexibility index (Phi) is 5.29. The Morgan fingerprint density at radius 2 is 1.94 bits per heavy atom. The maximum absolute atomic E-state index is 11.7. The number of hydrogen-bond acceptors (Lipinski definition) is 1. The van der Waals surface area contributed by atoms with Crippen molar-refractivity contribution in [1.82, 2.24) is 10.2 Å². The molecule has 0 aromatic heterocycles. The number of carbonyl (C=O) groups excluding carboxylic acids is 1. The van der Waals surface area contributed by atoms with Crippen molar-refractivity contribution in [3.63, 3.8) is 0 Å². The summed E-state index contributed by atoms with van der Waals surface area (Å²) < 4.78 is 0. The van der Waals surface area contributed by atoms with E-state index >= 15 is 0 Å². The van der Waals surface area contributed by atoms with Crippen molar-refractivity contribution in [2.75, 3.05) is 13.6 Å². The van der Waals surface area contributed by atoms with Crippen molar-refractivity contribution in [2.24, 2.45) is 17.8 Å². The third-order valence-electron chi connectivity index (χ3n) is 4.28. The van der Waals surface area contributed by atoms with Crippen LogP contribution in [0.15, 0.2) is 0 Å². The highest BCUT2D eigenvalue weighted by atomic mass is 16.2. The molecule has 1 unspecified atom stereocenters. The highest BCUT2D eigenvalue weighted by molar-refractivity contribution is 5.74. The maximum atomic E-state index is 11.7. The van der Waals surface area contributed by atoms with Crippen LogP contribution in [-0.4, -0.2) is 30.6 Å². The van der Waals surface area contributed by atoms with E-state index in [4.69, 9.17) is 0 Å². The molecule has 0 spiro atoms. The van der Waals surface area contributed by atoms with Gasteiger partial charge >= 0.3 is 6.03 Å². The van der Waals surface area contributed by atoms with E-state index in [9.17, 15) is 4.79 Å². The smallest absolute Gasteiger partial charge is 0.317 e. The zero-order chi connectivity index (χ0) is 13.0. The predicted molar refractivity (Wildman–Crippen MR) is 72.0 cm³/mol. The normalized spacial score (nSPS) is 25.3. The highest BCUT2D eigenvalue weighted by Gasteiger charge is 2.38. The Morgan fingerprint density at radius 3 is 2.35 bits per heavy atom. The molecule has 1 N–H and O–H groups in total. The number of carbonyl (C=O) groups is 1. The standard InChI is InChI=1S/C14H28N2O/c1-6-13(10(3)4)11-8-12(9-11)16(5)14(17)15-7-2/h10-13H,6-9H2,1-5H3,(H,15,17). The summed E-state index contributed by atoms with van der Waals surface area (Å²) in [6.07, 6.45) is 3.63. The van der Waals surface area contributed by atoms with Crippen LogP contribution in [0, 0.1) is 17.8 Å². The van der Waals surface area contributed by atoms with Crippen molar-refractivity contribution < 1.29 is 4.79 Å². The molecule has 0 aromatic carbocycles. The van der Waals surface area contributed by atoms with Crippen LogP contribution >= 0.6 is 0 Å². The average Bonchev–Trinajstić information content (AvgIpc) is 2.21. The quantitative estimate of drug-likeness (QED) is 0.787. The third-order valence-corrected chi connectivity index (χ3v) is 4.28. The van der Waals surface area contributed by atoms with Gasteiger partial charge in [0.2, 0.25) is 0 Å². The fourth-order valence-electron chi connectivity index (χ4n) is 3.09. The van der Waals surface area contributed by atoms with Crippen molar-refractivity contribution in [3.8, 4) is 0 Å². The lowest BCUT2D eigenvalue weighted by Crippen LogP contribution is -2.51. The maximum Gasteiger partial charge on any atom is 0.317 e. The van der Waals surface area contributed by atoms with Crippen LogP contribution in [0.4, 0.5) is 4.79 Å². The van der Waals surface area contributed by atoms with Crippen LogP contribution in [0.2, 0.25) is 0 Å². The van der Waals surface area contributed by atoms with E-state index in [1.54, 1.807) is 0 Å². The van der Waals surface area contributed by atoms with Gasteiger partial charge in [-0.05, 0) is 37.5 Å². The minimum atomic E-state index is 0.0774. The lowest BCUT2D eigenvalue weighted by molar-refractivity contribution is 0.0624. The minimum Gasteiger partial charge on any atom is -0.338 e. The van der Waals surface area contributed by atoms with Gasteiger partial charge in [0.1, 0.15) is 0 Å². The van der Waals surface area contributed by atoms with Gasteiger partial charge in [0, 0.05) is 19.6 Å². The van der Waals surface area contributed by atoms with Crippen LogP contribution < -0.4 is 5.32 Å². The Bertz CT molecular complexity index is 247. The van der Waals surface area contributed by atoms with Crippen LogP contribution in [0.5, 0.6) is 0 Å². The van der Waals surface area contributed by atoms with Gasteiger partial charge in [-0.15, -0.1) is 0 Å². The van der Waals surface area contributed by atoms with Gasteiger partial charge in [-0.1, -0.05) is 27.2 Å². The molecule has 0 radical (unpaired) electrons. The van der Waals surface area contributed by atoms with Crippen LogP contribution in [0.1, 0.15) is 47.0 Å². The minimum absolute atomic E-state index is 0.0774. The molecule has 100 valence electrons. The Labute approximate surface area is 106 Å². The molecular weight excluding hydrogens is 212 g/mol. The van der Waals surface area contributed by atoms with Crippen molar-refractivity contribution in [3.05, 3.63) is 0 Å². The lowest BCUT2D eigenvalue weighted by atomic mass is 9.67. The number of urea groups is 1. The Hall–Kier alpha value is -0.730. The number of hydrogen-bond donors (Lipinski definition) is 1. The monoisotopic (exact) mass is 240 g/mol. The second-order valence-corrected chi connectivity index (χ2v) is 5.65. The van der Waals surface area contributed by atoms with Crippen LogP contribution in [0.25, 0.3) is 0 Å². The molecule has 1 atom stereocenters. The van der Waals surface area contributed by atoms with Gasteiger partial charge in [0.25, 0.3) is 0 Å². The van der Waals surface area contributed by atoms with E-state index in [0.29, 0.717) is 12.6 Å². The molecule has 0 aliphatic heterocycles. The van der Waals surface area contributed by atoms with E-state index in [2.05, 4.69) is 26.1 Å². The molecule has 1 saturated carbocycles. The van der Waals surface area contributed by atoms with Gasteiger partial charge in [0.15, 0.2) is 0 Å². The van der Waals surface area contributed by atoms with E-state index in [1.165, 1.54) is 19.3 Å². The second kappa shape index (κ2) is 6.27. The summed E-state index contributed by atoms with van der Waals surface area (Å²) in [5, 5.41) is 2.86. The highest BCUT2D eigenvalue weighted by Crippen LogP contribution is 2.41. The van der Waals surface area contributed by atoms with Gasteiger partial charge < -0.3 is 10.2 Å². The zero-order valence-corrected chi connectivity index (χ0v) is 12.0. The summed E-state index contributed by atoms with van der Waals surface area (Å²) in [6, 6.07) is 0.535. The number of nitrogens with one attached hydrogen (secondary N) is 1. The molecule has 0 bridgehead atoms. The van der Waals surface area contributed by atoms with Gasteiger partial charge in [0.05, 0.1) is 0 Å². The first-order valence-electron chi connectivity index (χ1n) is 7.01. The molecule has 3 heteroatoms. The number of nitrogens with zero attached hydrogens (tertiary/aromatic N) is 1. The number of amides is 2. The first-order valence-corrected chi connectivity index (χ1v) is 7.01. The largest absolute Gasteiger partial charge is 0.338 e. The molecule has 0 aromatic rings. The van der Waals surface area contributed by atoms with Crippen molar-refractivity contribution >= 4 is 6.03 Å². The average molecular weight is 240 g/mol. The lowest BCUT2D eigenvalue weighted by Gasteiger charge is -2.45. The fourth-order valence-corrected chi connectivity index (χ4v) is 3.09. The van der Waals surface area contributed by atoms with Crippen LogP contribution in [0.3, 0.4) is 0 Å². The fraction of sp³-hybridized carbons (Fsp3) is 0.929. The molecule has 1 fully saturated rings. The van der Waals surface area contributed by atoms with Crippen molar-refractivity contribution in [1.29, 1.82) is 0 Å². The van der Waals surface area contributed by atoms with Crippen LogP contribution in [-0.2, 0) is 0 Å².